The van der Waals surface area contributed by atoms with Crippen LogP contribution in [0.2, 0.25) is 5.15 Å². The maximum atomic E-state index is 14.2. The van der Waals surface area contributed by atoms with Crippen LogP contribution < -0.4 is 15.5 Å². The van der Waals surface area contributed by atoms with Crippen molar-refractivity contribution in [1.82, 2.24) is 14.9 Å². The van der Waals surface area contributed by atoms with Crippen LogP contribution in [0.3, 0.4) is 0 Å². The number of carbonyl (C=O) groups excluding carboxylic acids is 2. The first-order chi connectivity index (χ1) is 16.4. The number of ether oxygens (including phenoxy) is 2. The number of fused-ring (bicyclic) bond motifs is 1. The lowest BCUT2D eigenvalue weighted by Gasteiger charge is -2.20. The Balaban J connectivity index is 1.90. The van der Waals surface area contributed by atoms with Crippen molar-refractivity contribution in [2.75, 3.05) is 7.11 Å². The fraction of sp³-hybridized carbons (Fsp3) is 0.0833. The first kappa shape index (κ1) is 22.9. The monoisotopic (exact) mass is 481 g/mol. The van der Waals surface area contributed by atoms with Gasteiger partial charge in [0.2, 0.25) is 5.88 Å². The maximum Gasteiger partial charge on any atom is 0.514 e. The normalized spacial score (nSPS) is 10.7. The van der Waals surface area contributed by atoms with Gasteiger partial charge in [-0.25, -0.2) is 14.2 Å². The zero-order valence-corrected chi connectivity index (χ0v) is 18.5. The van der Waals surface area contributed by atoms with Crippen molar-refractivity contribution < 1.29 is 23.5 Å². The Labute approximate surface area is 197 Å². The van der Waals surface area contributed by atoms with Crippen LogP contribution in [0.5, 0.6) is 5.88 Å². The van der Waals surface area contributed by atoms with Gasteiger partial charge in [-0.05, 0) is 42.5 Å². The fourth-order valence-corrected chi connectivity index (χ4v) is 3.50. The average Bonchev–Trinajstić information content (AvgIpc) is 2.84. The third-order valence-corrected chi connectivity index (χ3v) is 5.18. The highest BCUT2D eigenvalue weighted by atomic mass is 35.5. The largest absolute Gasteiger partial charge is 0.514 e. The summed E-state index contributed by atoms with van der Waals surface area (Å²) in [5.74, 6) is -1.33. The molecule has 34 heavy (non-hydrogen) atoms. The lowest BCUT2D eigenvalue weighted by molar-refractivity contribution is 0.0950. The van der Waals surface area contributed by atoms with Gasteiger partial charge >= 0.3 is 6.16 Å². The van der Waals surface area contributed by atoms with Crippen LogP contribution >= 0.6 is 11.6 Å². The molecule has 0 aliphatic heterocycles. The summed E-state index contributed by atoms with van der Waals surface area (Å²) >= 11 is 5.76. The van der Waals surface area contributed by atoms with E-state index in [1.807, 2.05) is 0 Å². The molecule has 0 unspecified atom stereocenters. The van der Waals surface area contributed by atoms with Crippen LogP contribution in [0.15, 0.2) is 71.7 Å². The lowest BCUT2D eigenvalue weighted by Crippen LogP contribution is -2.29. The molecule has 1 N–H and O–H groups in total. The molecule has 172 valence electrons. The Kier molecular flexibility index (Phi) is 6.55. The minimum absolute atomic E-state index is 0.0383. The molecule has 4 rings (SSSR count). The molecule has 2 aromatic heterocycles. The second kappa shape index (κ2) is 9.72. The van der Waals surface area contributed by atoms with Crippen molar-refractivity contribution in [3.05, 3.63) is 99.2 Å². The molecule has 10 heteroatoms. The second-order valence-corrected chi connectivity index (χ2v) is 7.44. The number of hydrogen-bond acceptors (Lipinski definition) is 6. The number of hydrogen-bond donors (Lipinski definition) is 1. The van der Waals surface area contributed by atoms with Crippen LogP contribution in [0.4, 0.5) is 9.18 Å². The van der Waals surface area contributed by atoms with E-state index in [0.717, 1.165) is 19.2 Å². The Morgan fingerprint density at radius 2 is 1.88 bits per heavy atom. The number of para-hydroxylation sites is 1. The molecule has 8 nitrogen and oxygen atoms in total. The van der Waals surface area contributed by atoms with E-state index in [0.29, 0.717) is 5.69 Å². The summed E-state index contributed by atoms with van der Waals surface area (Å²) in [5, 5.41) is 3.01. The highest BCUT2D eigenvalue weighted by Gasteiger charge is 2.23. The van der Waals surface area contributed by atoms with Gasteiger partial charge in [0.05, 0.1) is 30.3 Å². The fourth-order valence-electron chi connectivity index (χ4n) is 3.38. The third-order valence-electron chi connectivity index (χ3n) is 4.96. The molecule has 1 amide bonds. The molecule has 0 bridgehead atoms. The predicted octanol–water partition coefficient (Wildman–Crippen LogP) is 4.25. The number of carbonyl (C=O) groups is 2. The summed E-state index contributed by atoms with van der Waals surface area (Å²) in [6, 6.07) is 15.2. The van der Waals surface area contributed by atoms with E-state index in [4.69, 9.17) is 16.3 Å². The van der Waals surface area contributed by atoms with Crippen molar-refractivity contribution in [2.45, 2.75) is 6.54 Å². The number of pyridine rings is 2. The maximum absolute atomic E-state index is 14.2. The first-order valence-corrected chi connectivity index (χ1v) is 10.3. The van der Waals surface area contributed by atoms with Crippen LogP contribution in [0.1, 0.15) is 15.9 Å². The summed E-state index contributed by atoms with van der Waals surface area (Å²) in [6.07, 6.45) is 0.198. The van der Waals surface area contributed by atoms with Gasteiger partial charge in [0, 0.05) is 17.3 Å². The number of halogens is 2. The predicted molar refractivity (Wildman–Crippen MR) is 123 cm³/mol. The Bertz CT molecular complexity index is 1440. The van der Waals surface area contributed by atoms with Gasteiger partial charge < -0.3 is 14.8 Å². The topological polar surface area (TPSA) is 99.5 Å². The molecule has 0 radical (unpaired) electrons. The van der Waals surface area contributed by atoms with Gasteiger partial charge in [0.1, 0.15) is 11.0 Å². The van der Waals surface area contributed by atoms with Crippen LogP contribution in [-0.2, 0) is 11.3 Å². The number of nitrogens with one attached hydrogen (secondary N) is 1. The quantitative estimate of drug-likeness (QED) is 0.338. The van der Waals surface area contributed by atoms with Crippen LogP contribution in [0.25, 0.3) is 16.6 Å². The smallest absolute Gasteiger partial charge is 0.437 e. The van der Waals surface area contributed by atoms with E-state index in [2.05, 4.69) is 15.0 Å². The minimum Gasteiger partial charge on any atom is -0.437 e. The Morgan fingerprint density at radius 1 is 1.12 bits per heavy atom. The molecule has 2 aromatic carbocycles. The second-order valence-electron chi connectivity index (χ2n) is 7.05. The lowest BCUT2D eigenvalue weighted by atomic mass is 10.1. The van der Waals surface area contributed by atoms with Crippen molar-refractivity contribution in [2.24, 2.45) is 0 Å². The van der Waals surface area contributed by atoms with Crippen molar-refractivity contribution >= 4 is 34.6 Å². The van der Waals surface area contributed by atoms with E-state index in [1.54, 1.807) is 30.3 Å². The molecule has 0 saturated heterocycles. The number of nitrogens with zero attached hydrogens (tertiary/aromatic N) is 2. The van der Waals surface area contributed by atoms with Crippen LogP contribution in [-0.4, -0.2) is 28.7 Å². The molecule has 0 aliphatic carbocycles. The van der Waals surface area contributed by atoms with Crippen LogP contribution in [0, 0.1) is 5.82 Å². The Hall–Kier alpha value is -4.24. The molecule has 0 aliphatic rings. The highest BCUT2D eigenvalue weighted by molar-refractivity contribution is 6.29. The molecule has 0 atom stereocenters. The van der Waals surface area contributed by atoms with Gasteiger partial charge in [-0.1, -0.05) is 29.8 Å². The van der Waals surface area contributed by atoms with Gasteiger partial charge in [0.15, 0.2) is 5.43 Å². The molecule has 0 fully saturated rings. The van der Waals surface area contributed by atoms with Gasteiger partial charge in [-0.15, -0.1) is 0 Å². The van der Waals surface area contributed by atoms with Gasteiger partial charge in [-0.2, -0.15) is 0 Å². The van der Waals surface area contributed by atoms with Crippen molar-refractivity contribution in [3.63, 3.8) is 0 Å². The molecular formula is C24H17ClFN3O5. The highest BCUT2D eigenvalue weighted by Crippen LogP contribution is 2.28. The summed E-state index contributed by atoms with van der Waals surface area (Å²) < 4.78 is 25.6. The summed E-state index contributed by atoms with van der Waals surface area (Å²) in [5.41, 5.74) is 0.295. The number of amides is 1. The van der Waals surface area contributed by atoms with E-state index in [9.17, 15) is 18.8 Å². The number of methoxy groups -OCH3 is 1. The SMILES string of the molecule is COC(=O)Oc1c(CNC(=O)c2ccc(Cl)nc2)c(=O)c2ccc(F)cc2n1-c1ccccc1. The Morgan fingerprint density at radius 3 is 2.56 bits per heavy atom. The summed E-state index contributed by atoms with van der Waals surface area (Å²) in [6.45, 7) is -0.299. The molecular weight excluding hydrogens is 465 g/mol. The van der Waals surface area contributed by atoms with E-state index >= 15 is 0 Å². The standard InChI is InChI=1S/C24H17ClFN3O5/c1-33-24(32)34-23-18(13-28-22(31)14-7-10-20(25)27-12-14)21(30)17-9-8-15(26)11-19(17)29(23)16-5-3-2-4-6-16/h2-12H,13H2,1H3,(H,28,31). The summed E-state index contributed by atoms with van der Waals surface area (Å²) in [7, 11) is 1.11. The van der Waals surface area contributed by atoms with Crippen molar-refractivity contribution in [1.29, 1.82) is 0 Å². The molecule has 0 saturated carbocycles. The van der Waals surface area contributed by atoms with E-state index in [1.165, 1.54) is 29.0 Å². The van der Waals surface area contributed by atoms with E-state index < -0.39 is 23.3 Å². The van der Waals surface area contributed by atoms with Gasteiger partial charge in [0.25, 0.3) is 5.91 Å². The number of rotatable bonds is 5. The zero-order valence-electron chi connectivity index (χ0n) is 17.7. The number of benzene rings is 2. The molecule has 0 spiro atoms. The average molecular weight is 482 g/mol. The zero-order chi connectivity index (χ0) is 24.2. The minimum atomic E-state index is -1.09. The van der Waals surface area contributed by atoms with E-state index in [-0.39, 0.29) is 39.6 Å². The molecule has 2 heterocycles. The molecule has 4 aromatic rings. The van der Waals surface area contributed by atoms with Crippen molar-refractivity contribution in [3.8, 4) is 11.6 Å². The van der Waals surface area contributed by atoms with Gasteiger partial charge in [-0.3, -0.25) is 14.2 Å². The third kappa shape index (κ3) is 4.60. The first-order valence-electron chi connectivity index (χ1n) is 9.97. The number of aromatic nitrogens is 2. The summed E-state index contributed by atoms with van der Waals surface area (Å²) in [4.78, 5) is 41.9.